The van der Waals surface area contributed by atoms with Crippen LogP contribution in [0.2, 0.25) is 0 Å². The predicted molar refractivity (Wildman–Crippen MR) is 152 cm³/mol. The van der Waals surface area contributed by atoms with Gasteiger partial charge in [-0.25, -0.2) is 9.98 Å². The summed E-state index contributed by atoms with van der Waals surface area (Å²) in [6.45, 7) is 1.25. The number of likely N-dealkylation sites (N-methyl/N-ethyl adjacent to an activating group) is 1. The molecular weight excluding hydrogens is 480 g/mol. The molecule has 2 heterocycles. The van der Waals surface area contributed by atoms with E-state index in [0.29, 0.717) is 23.2 Å². The molecule has 1 saturated heterocycles. The fourth-order valence-corrected chi connectivity index (χ4v) is 4.77. The van der Waals surface area contributed by atoms with Gasteiger partial charge in [-0.3, -0.25) is 9.69 Å². The molecular formula is C30H26N4O2S. The zero-order chi connectivity index (χ0) is 25.5. The number of aromatic nitrogens is 1. The second kappa shape index (κ2) is 11.6. The number of benzene rings is 3. The summed E-state index contributed by atoms with van der Waals surface area (Å²) in [5.41, 5.74) is 2.51. The van der Waals surface area contributed by atoms with Gasteiger partial charge in [0.15, 0.2) is 5.17 Å². The average molecular weight is 507 g/mol. The van der Waals surface area contributed by atoms with Crippen molar-refractivity contribution < 1.29 is 9.53 Å². The largest absolute Gasteiger partial charge is 0.492 e. The molecule has 0 unspecified atom stereocenters. The van der Waals surface area contributed by atoms with Crippen molar-refractivity contribution in [1.29, 1.82) is 0 Å². The number of amides is 1. The lowest BCUT2D eigenvalue weighted by atomic mass is 10.2. The topological polar surface area (TPSA) is 58.0 Å². The Morgan fingerprint density at radius 2 is 1.62 bits per heavy atom. The van der Waals surface area contributed by atoms with Gasteiger partial charge in [-0.15, -0.1) is 0 Å². The van der Waals surface area contributed by atoms with Gasteiger partial charge < -0.3 is 9.64 Å². The minimum Gasteiger partial charge on any atom is -0.492 e. The summed E-state index contributed by atoms with van der Waals surface area (Å²) in [5.74, 6) is 1.59. The zero-order valence-electron chi connectivity index (χ0n) is 20.4. The zero-order valence-corrected chi connectivity index (χ0v) is 21.2. The van der Waals surface area contributed by atoms with E-state index in [1.54, 1.807) is 11.1 Å². The number of ether oxygens (including phenoxy) is 1. The number of anilines is 2. The number of thioether (sulfide) groups is 1. The van der Waals surface area contributed by atoms with E-state index in [2.05, 4.69) is 9.88 Å². The van der Waals surface area contributed by atoms with E-state index >= 15 is 0 Å². The Morgan fingerprint density at radius 1 is 0.919 bits per heavy atom. The summed E-state index contributed by atoms with van der Waals surface area (Å²) < 4.78 is 5.91. The molecule has 1 aromatic heterocycles. The summed E-state index contributed by atoms with van der Waals surface area (Å²) in [7, 11) is 1.99. The van der Waals surface area contributed by atoms with Crippen LogP contribution < -0.4 is 14.5 Å². The smallest absolute Gasteiger partial charge is 0.271 e. The van der Waals surface area contributed by atoms with Crippen molar-refractivity contribution in [1.82, 2.24) is 4.98 Å². The molecule has 0 spiro atoms. The molecule has 0 bridgehead atoms. The molecule has 7 heteroatoms. The number of carbonyl (C=O) groups is 1. The normalized spacial score (nSPS) is 15.4. The third kappa shape index (κ3) is 6.08. The molecule has 0 radical (unpaired) electrons. The van der Waals surface area contributed by atoms with Crippen molar-refractivity contribution in [3.05, 3.63) is 120 Å². The van der Waals surface area contributed by atoms with Gasteiger partial charge in [0.25, 0.3) is 5.91 Å². The van der Waals surface area contributed by atoms with Crippen LogP contribution in [0, 0.1) is 0 Å². The summed E-state index contributed by atoms with van der Waals surface area (Å²) in [6.07, 6.45) is 3.68. The summed E-state index contributed by atoms with van der Waals surface area (Å²) >= 11 is 1.38. The van der Waals surface area contributed by atoms with E-state index in [-0.39, 0.29) is 5.91 Å². The van der Waals surface area contributed by atoms with Gasteiger partial charge in [-0.1, -0.05) is 54.6 Å². The maximum Gasteiger partial charge on any atom is 0.271 e. The highest BCUT2D eigenvalue weighted by molar-refractivity contribution is 8.19. The van der Waals surface area contributed by atoms with Crippen LogP contribution in [-0.4, -0.2) is 36.3 Å². The van der Waals surface area contributed by atoms with Crippen molar-refractivity contribution in [2.24, 2.45) is 4.99 Å². The number of hydrogen-bond donors (Lipinski definition) is 0. The van der Waals surface area contributed by atoms with Crippen LogP contribution in [0.4, 0.5) is 17.2 Å². The minimum absolute atomic E-state index is 0.0937. The fourth-order valence-electron chi connectivity index (χ4n) is 3.77. The van der Waals surface area contributed by atoms with Crippen molar-refractivity contribution in [3.63, 3.8) is 0 Å². The lowest BCUT2D eigenvalue weighted by molar-refractivity contribution is -0.113. The van der Waals surface area contributed by atoms with Crippen LogP contribution in [0.3, 0.4) is 0 Å². The summed E-state index contributed by atoms with van der Waals surface area (Å²) in [5, 5.41) is 0.630. The van der Waals surface area contributed by atoms with Crippen LogP contribution in [0.5, 0.6) is 5.75 Å². The molecule has 0 atom stereocenters. The number of amidine groups is 1. The molecule has 3 aromatic carbocycles. The first-order valence-electron chi connectivity index (χ1n) is 12.0. The van der Waals surface area contributed by atoms with E-state index in [1.165, 1.54) is 11.8 Å². The molecule has 4 aromatic rings. The molecule has 0 N–H and O–H groups in total. The van der Waals surface area contributed by atoms with E-state index in [4.69, 9.17) is 9.73 Å². The molecule has 1 fully saturated rings. The standard InChI is InChI=1S/C30H26N4O2S/c1-33(28-14-8-9-19-31-28)20-21-36-26-17-15-23(16-18-26)22-27-29(35)34(25-12-6-3-7-13-25)30(37-27)32-24-10-4-2-5-11-24/h2-19,22H,20-21H2,1H3/b27-22-,32-30?. The Balaban J connectivity index is 1.29. The van der Waals surface area contributed by atoms with E-state index in [9.17, 15) is 4.79 Å². The van der Waals surface area contributed by atoms with Crippen molar-refractivity contribution in [2.75, 3.05) is 30.0 Å². The second-order valence-electron chi connectivity index (χ2n) is 8.34. The van der Waals surface area contributed by atoms with Crippen molar-refractivity contribution in [3.8, 4) is 5.75 Å². The first kappa shape index (κ1) is 24.3. The predicted octanol–water partition coefficient (Wildman–Crippen LogP) is 6.41. The average Bonchev–Trinajstić information content (AvgIpc) is 3.25. The number of nitrogens with zero attached hydrogens (tertiary/aromatic N) is 4. The number of hydrogen-bond acceptors (Lipinski definition) is 6. The second-order valence-corrected chi connectivity index (χ2v) is 9.35. The SMILES string of the molecule is CN(CCOc1ccc(/C=C2\SC(=Nc3ccccc3)N(c3ccccc3)C2=O)cc1)c1ccccn1. The number of aliphatic imine (C=N–C) groups is 1. The van der Waals surface area contributed by atoms with Crippen LogP contribution in [0.1, 0.15) is 5.56 Å². The van der Waals surface area contributed by atoms with Crippen LogP contribution in [0.15, 0.2) is 119 Å². The monoisotopic (exact) mass is 506 g/mol. The highest BCUT2D eigenvalue weighted by Gasteiger charge is 2.34. The van der Waals surface area contributed by atoms with Gasteiger partial charge in [0, 0.05) is 13.2 Å². The van der Waals surface area contributed by atoms with Gasteiger partial charge >= 0.3 is 0 Å². The third-order valence-electron chi connectivity index (χ3n) is 5.72. The van der Waals surface area contributed by atoms with E-state index in [0.717, 1.165) is 28.5 Å². The van der Waals surface area contributed by atoms with E-state index < -0.39 is 0 Å². The Labute approximate surface area is 220 Å². The summed E-state index contributed by atoms with van der Waals surface area (Å²) in [4.78, 5) is 26.9. The number of rotatable bonds is 8. The third-order valence-corrected chi connectivity index (χ3v) is 6.68. The molecule has 1 amide bonds. The Bertz CT molecular complexity index is 1390. The van der Waals surface area contributed by atoms with Crippen LogP contribution >= 0.6 is 11.8 Å². The number of pyridine rings is 1. The number of carbonyl (C=O) groups excluding carboxylic acids is 1. The molecule has 5 rings (SSSR count). The maximum atomic E-state index is 13.4. The molecule has 0 saturated carbocycles. The van der Waals surface area contributed by atoms with Gasteiger partial charge in [0.1, 0.15) is 18.2 Å². The lowest BCUT2D eigenvalue weighted by Gasteiger charge is -2.18. The summed E-state index contributed by atoms with van der Waals surface area (Å²) in [6, 6.07) is 32.9. The highest BCUT2D eigenvalue weighted by atomic mass is 32.2. The quantitative estimate of drug-likeness (QED) is 0.259. The molecule has 0 aliphatic carbocycles. The lowest BCUT2D eigenvalue weighted by Crippen LogP contribution is -2.28. The molecule has 6 nitrogen and oxygen atoms in total. The van der Waals surface area contributed by atoms with Crippen LogP contribution in [-0.2, 0) is 4.79 Å². The highest BCUT2D eigenvalue weighted by Crippen LogP contribution is 2.37. The Kier molecular flexibility index (Phi) is 7.62. The fraction of sp³-hybridized carbons (Fsp3) is 0.100. The Morgan fingerprint density at radius 3 is 2.32 bits per heavy atom. The van der Waals surface area contributed by atoms with Crippen LogP contribution in [0.25, 0.3) is 6.08 Å². The van der Waals surface area contributed by atoms with Gasteiger partial charge in [-0.05, 0) is 71.9 Å². The molecule has 37 heavy (non-hydrogen) atoms. The van der Waals surface area contributed by atoms with Gasteiger partial charge in [0.05, 0.1) is 22.8 Å². The van der Waals surface area contributed by atoms with Crippen molar-refractivity contribution in [2.45, 2.75) is 0 Å². The first-order chi connectivity index (χ1) is 18.2. The molecule has 184 valence electrons. The number of para-hydroxylation sites is 2. The molecule has 1 aliphatic rings. The van der Waals surface area contributed by atoms with Gasteiger partial charge in [-0.2, -0.15) is 0 Å². The Hall–Kier alpha value is -4.36. The maximum absolute atomic E-state index is 13.4. The van der Waals surface area contributed by atoms with E-state index in [1.807, 2.05) is 116 Å². The van der Waals surface area contributed by atoms with Crippen molar-refractivity contribution >= 4 is 46.1 Å². The molecule has 1 aliphatic heterocycles. The minimum atomic E-state index is -0.0937. The first-order valence-corrected chi connectivity index (χ1v) is 12.8. The van der Waals surface area contributed by atoms with Gasteiger partial charge in [0.2, 0.25) is 0 Å².